The largest absolute Gasteiger partial charge is 0.507 e. The van der Waals surface area contributed by atoms with E-state index in [0.717, 1.165) is 25.0 Å². The third-order valence-electron chi connectivity index (χ3n) is 2.93. The minimum Gasteiger partial charge on any atom is -0.507 e. The van der Waals surface area contributed by atoms with Gasteiger partial charge in [0.05, 0.1) is 12.1 Å². The maximum atomic E-state index is 13.1. The van der Waals surface area contributed by atoms with Gasteiger partial charge in [-0.2, -0.15) is 0 Å². The number of phenolic OH excluding ortho intramolecular Hbond substituents is 1. The molecule has 0 heterocycles. The molecule has 0 atom stereocenters. The topological polar surface area (TPSA) is 40.5 Å². The molecule has 1 aliphatic rings. The van der Waals surface area contributed by atoms with Crippen LogP contribution in [0.25, 0.3) is 0 Å². The number of phenols is 1. The second-order valence-electron chi connectivity index (χ2n) is 4.49. The first-order chi connectivity index (χ1) is 8.61. The number of benzene rings is 1. The number of carbonyl (C=O) groups excluding carboxylic acids is 1. The number of hydrogen-bond acceptors (Lipinski definition) is 2. The standard InChI is InChI=1S/C14H14FNO2/c1-2-7-16(9-10-3-4-10)14(18)12-8-11(15)5-6-13(12)17/h1,5-6,8,10,17H,3-4,7,9H2. The summed E-state index contributed by atoms with van der Waals surface area (Å²) in [6.45, 7) is 0.740. The summed E-state index contributed by atoms with van der Waals surface area (Å²) in [7, 11) is 0. The Kier molecular flexibility index (Phi) is 3.52. The maximum Gasteiger partial charge on any atom is 0.258 e. The fourth-order valence-corrected chi connectivity index (χ4v) is 1.79. The molecule has 0 spiro atoms. The van der Waals surface area contributed by atoms with Gasteiger partial charge in [-0.3, -0.25) is 4.79 Å². The third kappa shape index (κ3) is 2.80. The van der Waals surface area contributed by atoms with Crippen molar-refractivity contribution in [3.8, 4) is 18.1 Å². The van der Waals surface area contributed by atoms with Crippen LogP contribution in [0.4, 0.5) is 4.39 Å². The van der Waals surface area contributed by atoms with Crippen LogP contribution in [-0.4, -0.2) is 29.0 Å². The molecule has 0 radical (unpaired) electrons. The van der Waals surface area contributed by atoms with Gasteiger partial charge in [-0.15, -0.1) is 6.42 Å². The zero-order chi connectivity index (χ0) is 13.1. The Morgan fingerprint density at radius 3 is 2.89 bits per heavy atom. The summed E-state index contributed by atoms with van der Waals surface area (Å²) in [4.78, 5) is 13.7. The summed E-state index contributed by atoms with van der Waals surface area (Å²) in [5.41, 5.74) is -0.0362. The Labute approximate surface area is 105 Å². The smallest absolute Gasteiger partial charge is 0.258 e. The molecule has 0 aromatic heterocycles. The van der Waals surface area contributed by atoms with Crippen LogP contribution in [-0.2, 0) is 0 Å². The van der Waals surface area contributed by atoms with Gasteiger partial charge < -0.3 is 10.0 Å². The zero-order valence-corrected chi connectivity index (χ0v) is 9.90. The SMILES string of the molecule is C#CCN(CC1CC1)C(=O)c1cc(F)ccc1O. The summed E-state index contributed by atoms with van der Waals surface area (Å²) in [5, 5.41) is 9.61. The van der Waals surface area contributed by atoms with Crippen molar-refractivity contribution < 1.29 is 14.3 Å². The minimum atomic E-state index is -0.553. The minimum absolute atomic E-state index is 0.0362. The number of nitrogens with zero attached hydrogens (tertiary/aromatic N) is 1. The lowest BCUT2D eigenvalue weighted by atomic mass is 10.1. The highest BCUT2D eigenvalue weighted by molar-refractivity contribution is 5.97. The van der Waals surface area contributed by atoms with Crippen LogP contribution in [0.15, 0.2) is 18.2 Å². The first-order valence-electron chi connectivity index (χ1n) is 5.83. The molecule has 2 rings (SSSR count). The molecule has 1 aromatic rings. The summed E-state index contributed by atoms with van der Waals surface area (Å²) < 4.78 is 13.1. The molecule has 1 fully saturated rings. The first-order valence-corrected chi connectivity index (χ1v) is 5.83. The predicted octanol–water partition coefficient (Wildman–Crippen LogP) is 2.02. The fraction of sp³-hybridized carbons (Fsp3) is 0.357. The molecule has 1 saturated carbocycles. The molecule has 1 aromatic carbocycles. The average molecular weight is 247 g/mol. The number of amides is 1. The molecule has 0 aliphatic heterocycles. The molecule has 18 heavy (non-hydrogen) atoms. The van der Waals surface area contributed by atoms with Crippen molar-refractivity contribution in [1.29, 1.82) is 0 Å². The van der Waals surface area contributed by atoms with E-state index >= 15 is 0 Å². The van der Waals surface area contributed by atoms with Crippen molar-refractivity contribution in [2.75, 3.05) is 13.1 Å². The van der Waals surface area contributed by atoms with Crippen molar-refractivity contribution >= 4 is 5.91 Å². The van der Waals surface area contributed by atoms with E-state index in [4.69, 9.17) is 6.42 Å². The Balaban J connectivity index is 2.20. The lowest BCUT2D eigenvalue weighted by Gasteiger charge is -2.20. The van der Waals surface area contributed by atoms with Crippen LogP contribution in [0.5, 0.6) is 5.75 Å². The second kappa shape index (κ2) is 5.09. The van der Waals surface area contributed by atoms with Gasteiger partial charge in [0.1, 0.15) is 11.6 Å². The van der Waals surface area contributed by atoms with E-state index in [1.807, 2.05) is 0 Å². The van der Waals surface area contributed by atoms with E-state index in [1.54, 1.807) is 0 Å². The van der Waals surface area contributed by atoms with E-state index < -0.39 is 11.7 Å². The highest BCUT2D eigenvalue weighted by atomic mass is 19.1. The quantitative estimate of drug-likeness (QED) is 0.827. The molecule has 0 unspecified atom stereocenters. The molecule has 1 N–H and O–H groups in total. The zero-order valence-electron chi connectivity index (χ0n) is 9.90. The Morgan fingerprint density at radius 2 is 2.28 bits per heavy atom. The van der Waals surface area contributed by atoms with Crippen LogP contribution in [0, 0.1) is 24.1 Å². The number of aromatic hydroxyl groups is 1. The van der Waals surface area contributed by atoms with Crippen LogP contribution >= 0.6 is 0 Å². The lowest BCUT2D eigenvalue weighted by molar-refractivity contribution is 0.0766. The van der Waals surface area contributed by atoms with E-state index in [-0.39, 0.29) is 17.9 Å². The van der Waals surface area contributed by atoms with Crippen molar-refractivity contribution in [2.45, 2.75) is 12.8 Å². The van der Waals surface area contributed by atoms with Gasteiger partial charge in [-0.05, 0) is 37.0 Å². The van der Waals surface area contributed by atoms with E-state index in [1.165, 1.54) is 11.0 Å². The molecule has 1 amide bonds. The van der Waals surface area contributed by atoms with E-state index in [0.29, 0.717) is 12.5 Å². The van der Waals surface area contributed by atoms with E-state index in [2.05, 4.69) is 5.92 Å². The monoisotopic (exact) mass is 247 g/mol. The number of rotatable bonds is 4. The van der Waals surface area contributed by atoms with Crippen molar-refractivity contribution in [1.82, 2.24) is 4.90 Å². The molecular weight excluding hydrogens is 233 g/mol. The normalized spacial score (nSPS) is 14.0. The predicted molar refractivity (Wildman–Crippen MR) is 65.5 cm³/mol. The third-order valence-corrected chi connectivity index (χ3v) is 2.93. The highest BCUT2D eigenvalue weighted by Crippen LogP contribution is 2.30. The second-order valence-corrected chi connectivity index (χ2v) is 4.49. The van der Waals surface area contributed by atoms with Crippen molar-refractivity contribution in [3.63, 3.8) is 0 Å². The molecule has 0 saturated heterocycles. The number of terminal acetylenes is 1. The van der Waals surface area contributed by atoms with Gasteiger partial charge in [-0.1, -0.05) is 5.92 Å². The molecule has 3 nitrogen and oxygen atoms in total. The molecular formula is C14H14FNO2. The summed E-state index contributed by atoms with van der Waals surface area (Å²) in [5.74, 6) is 1.70. The Bertz CT molecular complexity index is 503. The maximum absolute atomic E-state index is 13.1. The van der Waals surface area contributed by atoms with Gasteiger partial charge in [0, 0.05) is 6.54 Å². The number of halogens is 1. The van der Waals surface area contributed by atoms with Crippen molar-refractivity contribution in [2.24, 2.45) is 5.92 Å². The number of carbonyl (C=O) groups is 1. The molecule has 0 bridgehead atoms. The average Bonchev–Trinajstić information content (AvgIpc) is 3.15. The lowest BCUT2D eigenvalue weighted by Crippen LogP contribution is -2.33. The van der Waals surface area contributed by atoms with Crippen LogP contribution in [0.1, 0.15) is 23.2 Å². The van der Waals surface area contributed by atoms with Gasteiger partial charge in [-0.25, -0.2) is 4.39 Å². The van der Waals surface area contributed by atoms with Crippen molar-refractivity contribution in [3.05, 3.63) is 29.6 Å². The van der Waals surface area contributed by atoms with Crippen LogP contribution in [0.2, 0.25) is 0 Å². The van der Waals surface area contributed by atoms with Crippen LogP contribution < -0.4 is 0 Å². The van der Waals surface area contributed by atoms with Gasteiger partial charge in [0.2, 0.25) is 0 Å². The Hall–Kier alpha value is -2.02. The molecule has 4 heteroatoms. The van der Waals surface area contributed by atoms with Crippen LogP contribution in [0.3, 0.4) is 0 Å². The Morgan fingerprint density at radius 1 is 1.56 bits per heavy atom. The first kappa shape index (κ1) is 12.4. The van der Waals surface area contributed by atoms with E-state index in [9.17, 15) is 14.3 Å². The summed E-state index contributed by atoms with van der Waals surface area (Å²) in [6.07, 6.45) is 7.40. The fourth-order valence-electron chi connectivity index (χ4n) is 1.79. The molecule has 1 aliphatic carbocycles. The van der Waals surface area contributed by atoms with Gasteiger partial charge in [0.15, 0.2) is 0 Å². The summed E-state index contributed by atoms with van der Waals surface area (Å²) in [6, 6.07) is 3.32. The molecule has 94 valence electrons. The van der Waals surface area contributed by atoms with Gasteiger partial charge in [0.25, 0.3) is 5.91 Å². The van der Waals surface area contributed by atoms with Gasteiger partial charge >= 0.3 is 0 Å². The summed E-state index contributed by atoms with van der Waals surface area (Å²) >= 11 is 0. The number of hydrogen-bond donors (Lipinski definition) is 1. The highest BCUT2D eigenvalue weighted by Gasteiger charge is 2.28.